The molecule has 1 aliphatic carbocycles. The first kappa shape index (κ1) is 16.7. The second kappa shape index (κ2) is 6.07. The van der Waals surface area contributed by atoms with Gasteiger partial charge in [0.05, 0.1) is 5.92 Å². The van der Waals surface area contributed by atoms with E-state index in [-0.39, 0.29) is 37.2 Å². The molecule has 132 valence electrons. The molecule has 1 spiro atoms. The summed E-state index contributed by atoms with van der Waals surface area (Å²) in [5, 5.41) is 11.9. The van der Waals surface area contributed by atoms with Crippen molar-refractivity contribution in [2.75, 3.05) is 19.6 Å². The van der Waals surface area contributed by atoms with Gasteiger partial charge in [-0.05, 0) is 18.8 Å². The minimum absolute atomic E-state index is 0.0360. The first-order valence-electron chi connectivity index (χ1n) is 8.49. The predicted molar refractivity (Wildman–Crippen MR) is 82.9 cm³/mol. The van der Waals surface area contributed by atoms with Crippen LogP contribution in [0.2, 0.25) is 0 Å². The van der Waals surface area contributed by atoms with Crippen LogP contribution in [0, 0.1) is 11.8 Å². The highest BCUT2D eigenvalue weighted by atomic mass is 16.4. The van der Waals surface area contributed by atoms with E-state index >= 15 is 0 Å². The SMILES string of the molecule is C[C@@H]1CN(C(=O)CCN2C(=O)NC3(CCCC3)C2=O)C[C@H]1C(=O)O. The number of urea groups is 1. The Morgan fingerprint density at radius 3 is 2.50 bits per heavy atom. The van der Waals surface area contributed by atoms with Gasteiger partial charge in [0.25, 0.3) is 5.91 Å². The van der Waals surface area contributed by atoms with Gasteiger partial charge >= 0.3 is 12.0 Å². The lowest BCUT2D eigenvalue weighted by molar-refractivity contribution is -0.142. The third-order valence-corrected chi connectivity index (χ3v) is 5.53. The van der Waals surface area contributed by atoms with Crippen LogP contribution in [0.3, 0.4) is 0 Å². The van der Waals surface area contributed by atoms with Crippen molar-refractivity contribution in [3.05, 3.63) is 0 Å². The van der Waals surface area contributed by atoms with Crippen molar-refractivity contribution in [3.8, 4) is 0 Å². The zero-order valence-corrected chi connectivity index (χ0v) is 13.8. The number of amides is 4. The summed E-state index contributed by atoms with van der Waals surface area (Å²) in [6.07, 6.45) is 3.19. The molecule has 0 radical (unpaired) electrons. The van der Waals surface area contributed by atoms with E-state index in [1.165, 1.54) is 4.90 Å². The van der Waals surface area contributed by atoms with E-state index in [9.17, 15) is 19.2 Å². The summed E-state index contributed by atoms with van der Waals surface area (Å²) in [6.45, 7) is 2.46. The number of nitrogens with one attached hydrogen (secondary N) is 1. The molecule has 0 aromatic rings. The summed E-state index contributed by atoms with van der Waals surface area (Å²) in [5.41, 5.74) is -0.753. The number of carbonyl (C=O) groups excluding carboxylic acids is 3. The molecule has 2 N–H and O–H groups in total. The van der Waals surface area contributed by atoms with Crippen molar-refractivity contribution < 1.29 is 24.3 Å². The lowest BCUT2D eigenvalue weighted by atomic mass is 9.98. The van der Waals surface area contributed by atoms with E-state index in [1.54, 1.807) is 0 Å². The molecular weight excluding hydrogens is 314 g/mol. The largest absolute Gasteiger partial charge is 0.481 e. The molecule has 8 heteroatoms. The van der Waals surface area contributed by atoms with Crippen molar-refractivity contribution in [1.29, 1.82) is 0 Å². The zero-order valence-electron chi connectivity index (χ0n) is 13.8. The molecule has 1 saturated carbocycles. The molecule has 2 heterocycles. The van der Waals surface area contributed by atoms with Crippen molar-refractivity contribution in [2.24, 2.45) is 11.8 Å². The molecule has 0 bridgehead atoms. The Morgan fingerprint density at radius 2 is 1.92 bits per heavy atom. The van der Waals surface area contributed by atoms with Crippen LogP contribution in [0.5, 0.6) is 0 Å². The van der Waals surface area contributed by atoms with E-state index in [4.69, 9.17) is 5.11 Å². The van der Waals surface area contributed by atoms with Gasteiger partial charge in [0.15, 0.2) is 0 Å². The maximum Gasteiger partial charge on any atom is 0.325 e. The van der Waals surface area contributed by atoms with Gasteiger partial charge in [-0.1, -0.05) is 19.8 Å². The van der Waals surface area contributed by atoms with Crippen LogP contribution in [0.4, 0.5) is 4.79 Å². The fraction of sp³-hybridized carbons (Fsp3) is 0.750. The van der Waals surface area contributed by atoms with Crippen LogP contribution < -0.4 is 5.32 Å². The average molecular weight is 337 g/mol. The summed E-state index contributed by atoms with van der Waals surface area (Å²) in [6, 6.07) is -0.423. The highest BCUT2D eigenvalue weighted by Gasteiger charge is 2.52. The number of carbonyl (C=O) groups is 4. The van der Waals surface area contributed by atoms with E-state index in [2.05, 4.69) is 5.32 Å². The minimum atomic E-state index is -0.893. The molecule has 0 aromatic heterocycles. The topological polar surface area (TPSA) is 107 Å². The van der Waals surface area contributed by atoms with Gasteiger partial charge in [0.2, 0.25) is 5.91 Å². The summed E-state index contributed by atoms with van der Waals surface area (Å²) in [7, 11) is 0. The maximum absolute atomic E-state index is 12.5. The monoisotopic (exact) mass is 337 g/mol. The second-order valence-electron chi connectivity index (χ2n) is 7.15. The first-order chi connectivity index (χ1) is 11.3. The Hall–Kier alpha value is -2.12. The Bertz CT molecular complexity index is 584. The molecule has 0 aromatic carbocycles. The molecular formula is C16H23N3O5. The highest BCUT2D eigenvalue weighted by Crippen LogP contribution is 2.35. The van der Waals surface area contributed by atoms with Crippen LogP contribution in [0.15, 0.2) is 0 Å². The number of nitrogens with zero attached hydrogens (tertiary/aromatic N) is 2. The van der Waals surface area contributed by atoms with Crippen LogP contribution in [-0.4, -0.2) is 63.9 Å². The first-order valence-corrected chi connectivity index (χ1v) is 8.49. The van der Waals surface area contributed by atoms with Crippen molar-refractivity contribution in [1.82, 2.24) is 15.1 Å². The number of hydrogen-bond acceptors (Lipinski definition) is 4. The molecule has 24 heavy (non-hydrogen) atoms. The van der Waals surface area contributed by atoms with Gasteiger partial charge in [-0.15, -0.1) is 0 Å². The van der Waals surface area contributed by atoms with E-state index in [1.807, 2.05) is 6.92 Å². The minimum Gasteiger partial charge on any atom is -0.481 e. The second-order valence-corrected chi connectivity index (χ2v) is 7.15. The Balaban J connectivity index is 1.56. The number of rotatable bonds is 4. The van der Waals surface area contributed by atoms with Crippen LogP contribution in [0.25, 0.3) is 0 Å². The summed E-state index contributed by atoms with van der Waals surface area (Å²) in [5.74, 6) is -1.97. The molecule has 2 aliphatic heterocycles. The number of carboxylic acids is 1. The molecule has 3 fully saturated rings. The number of imide groups is 1. The number of hydrogen-bond donors (Lipinski definition) is 2. The van der Waals surface area contributed by atoms with E-state index in [0.29, 0.717) is 19.4 Å². The van der Waals surface area contributed by atoms with Gasteiger partial charge in [-0.25, -0.2) is 4.79 Å². The average Bonchev–Trinajstić information content (AvgIpc) is 3.19. The molecule has 2 atom stereocenters. The zero-order chi connectivity index (χ0) is 17.5. The molecule has 4 amide bonds. The van der Waals surface area contributed by atoms with Gasteiger partial charge in [0, 0.05) is 26.1 Å². The van der Waals surface area contributed by atoms with Crippen LogP contribution in [0.1, 0.15) is 39.0 Å². The molecule has 3 rings (SSSR count). The fourth-order valence-electron chi connectivity index (χ4n) is 4.05. The van der Waals surface area contributed by atoms with E-state index in [0.717, 1.165) is 17.7 Å². The fourth-order valence-corrected chi connectivity index (χ4v) is 4.05. The lowest BCUT2D eigenvalue weighted by Crippen LogP contribution is -2.44. The third-order valence-electron chi connectivity index (χ3n) is 5.53. The van der Waals surface area contributed by atoms with Crippen molar-refractivity contribution >= 4 is 23.8 Å². The molecule has 0 unspecified atom stereocenters. The van der Waals surface area contributed by atoms with Crippen LogP contribution in [-0.2, 0) is 14.4 Å². The lowest BCUT2D eigenvalue weighted by Gasteiger charge is -2.21. The molecule has 8 nitrogen and oxygen atoms in total. The maximum atomic E-state index is 12.5. The Morgan fingerprint density at radius 1 is 1.25 bits per heavy atom. The van der Waals surface area contributed by atoms with Gasteiger partial charge in [0.1, 0.15) is 5.54 Å². The third kappa shape index (κ3) is 2.74. The molecule has 3 aliphatic rings. The van der Waals surface area contributed by atoms with Gasteiger partial charge in [-0.3, -0.25) is 19.3 Å². The Kier molecular flexibility index (Phi) is 4.23. The number of carboxylic acid groups (broad SMARTS) is 1. The quantitative estimate of drug-likeness (QED) is 0.723. The standard InChI is InChI=1S/C16H23N3O5/c1-10-8-18(9-11(10)13(21)22)12(20)4-7-19-14(23)16(17-15(19)24)5-2-3-6-16/h10-11H,2-9H2,1H3,(H,17,24)(H,21,22)/t10-,11-/m1/s1. The summed E-state index contributed by atoms with van der Waals surface area (Å²) in [4.78, 5) is 50.7. The van der Waals surface area contributed by atoms with Gasteiger partial charge in [-0.2, -0.15) is 0 Å². The predicted octanol–water partition coefficient (Wildman–Crippen LogP) is 0.420. The normalized spacial score (nSPS) is 28.7. The summed E-state index contributed by atoms with van der Waals surface area (Å²) >= 11 is 0. The van der Waals surface area contributed by atoms with Crippen LogP contribution >= 0.6 is 0 Å². The molecule has 2 saturated heterocycles. The van der Waals surface area contributed by atoms with Crippen molar-refractivity contribution in [2.45, 2.75) is 44.6 Å². The highest BCUT2D eigenvalue weighted by molar-refractivity contribution is 6.07. The van der Waals surface area contributed by atoms with E-state index < -0.39 is 23.5 Å². The number of aliphatic carboxylic acids is 1. The smallest absolute Gasteiger partial charge is 0.325 e. The number of likely N-dealkylation sites (tertiary alicyclic amines) is 1. The Labute approximate surface area is 140 Å². The summed E-state index contributed by atoms with van der Waals surface area (Å²) < 4.78 is 0. The van der Waals surface area contributed by atoms with Gasteiger partial charge < -0.3 is 15.3 Å². The van der Waals surface area contributed by atoms with Crippen molar-refractivity contribution in [3.63, 3.8) is 0 Å².